The zero-order chi connectivity index (χ0) is 18.0. The van der Waals surface area contributed by atoms with Gasteiger partial charge in [0.15, 0.2) is 0 Å². The normalized spacial score (nSPS) is 15.3. The van der Waals surface area contributed by atoms with Gasteiger partial charge in [0.1, 0.15) is 17.2 Å². The van der Waals surface area contributed by atoms with Crippen molar-refractivity contribution in [3.8, 4) is 0 Å². The molecule has 1 saturated heterocycles. The topological polar surface area (TPSA) is 35.6 Å². The van der Waals surface area contributed by atoms with Gasteiger partial charge in [0.05, 0.1) is 0 Å². The Morgan fingerprint density at radius 2 is 1.68 bits per heavy atom. The van der Waals surface area contributed by atoms with Crippen LogP contribution in [-0.4, -0.2) is 44.0 Å². The van der Waals surface area contributed by atoms with Crippen molar-refractivity contribution >= 4 is 17.3 Å². The number of nitrogens with zero attached hydrogens (tertiary/aromatic N) is 2. The first kappa shape index (κ1) is 17.4. The van der Waals surface area contributed by atoms with Gasteiger partial charge in [-0.1, -0.05) is 6.07 Å². The second kappa shape index (κ2) is 7.19. The lowest BCUT2D eigenvalue weighted by Crippen LogP contribution is -2.44. The van der Waals surface area contributed by atoms with Crippen molar-refractivity contribution in [3.05, 3.63) is 59.2 Å². The van der Waals surface area contributed by atoms with Gasteiger partial charge in [-0.3, -0.25) is 4.79 Å². The van der Waals surface area contributed by atoms with Gasteiger partial charge in [0.2, 0.25) is 0 Å². The summed E-state index contributed by atoms with van der Waals surface area (Å²) in [6.45, 7) is 5.87. The highest BCUT2D eigenvalue weighted by molar-refractivity contribution is 6.04. The van der Waals surface area contributed by atoms with Crippen LogP contribution in [0.15, 0.2) is 36.4 Å². The number of rotatable bonds is 3. The molecule has 2 aromatic carbocycles. The summed E-state index contributed by atoms with van der Waals surface area (Å²) in [5.74, 6) is -2.53. The quantitative estimate of drug-likeness (QED) is 0.927. The third kappa shape index (κ3) is 3.79. The second-order valence-corrected chi connectivity index (χ2v) is 6.34. The number of hydrogen-bond donors (Lipinski definition) is 1. The largest absolute Gasteiger partial charge is 0.369 e. The van der Waals surface area contributed by atoms with Gasteiger partial charge in [-0.05, 0) is 49.9 Å². The molecule has 0 aromatic heterocycles. The third-order valence-electron chi connectivity index (χ3n) is 4.49. The van der Waals surface area contributed by atoms with Gasteiger partial charge in [-0.15, -0.1) is 0 Å². The van der Waals surface area contributed by atoms with Gasteiger partial charge in [0, 0.05) is 37.6 Å². The lowest BCUT2D eigenvalue weighted by Gasteiger charge is -2.35. The average Bonchev–Trinajstić information content (AvgIpc) is 2.56. The van der Waals surface area contributed by atoms with E-state index in [0.717, 1.165) is 49.6 Å². The molecule has 0 unspecified atom stereocenters. The van der Waals surface area contributed by atoms with E-state index in [0.29, 0.717) is 5.69 Å². The minimum Gasteiger partial charge on any atom is -0.369 e. The van der Waals surface area contributed by atoms with Crippen LogP contribution >= 0.6 is 0 Å². The Bertz CT molecular complexity index is 766. The molecule has 0 atom stereocenters. The molecule has 3 rings (SSSR count). The molecule has 0 aliphatic carbocycles. The van der Waals surface area contributed by atoms with Crippen LogP contribution in [0.2, 0.25) is 0 Å². The van der Waals surface area contributed by atoms with E-state index in [1.54, 1.807) is 6.07 Å². The average molecular weight is 345 g/mol. The number of carbonyl (C=O) groups excluding carboxylic acids is 1. The van der Waals surface area contributed by atoms with Gasteiger partial charge in [0.25, 0.3) is 5.91 Å². The smallest absolute Gasteiger partial charge is 0.261 e. The first-order chi connectivity index (χ1) is 12.0. The predicted molar refractivity (Wildman–Crippen MR) is 95.2 cm³/mol. The van der Waals surface area contributed by atoms with Crippen molar-refractivity contribution in [3.63, 3.8) is 0 Å². The Kier molecular flexibility index (Phi) is 4.99. The van der Waals surface area contributed by atoms with Crippen molar-refractivity contribution in [1.29, 1.82) is 0 Å². The number of likely N-dealkylation sites (N-methyl/N-ethyl adjacent to an activating group) is 1. The molecule has 0 radical (unpaired) electrons. The van der Waals surface area contributed by atoms with Gasteiger partial charge < -0.3 is 15.1 Å². The summed E-state index contributed by atoms with van der Waals surface area (Å²) in [5.41, 5.74) is 2.07. The molecule has 0 bridgehead atoms. The second-order valence-electron chi connectivity index (χ2n) is 6.34. The molecule has 4 nitrogen and oxygen atoms in total. The molecule has 25 heavy (non-hydrogen) atoms. The molecule has 1 aliphatic rings. The standard InChI is InChI=1S/C19H21F2N3O/c1-13-12-14(6-7-17(13)24-10-8-23(2)9-11-24)22-19(25)18-15(20)4-3-5-16(18)21/h3-7,12H,8-11H2,1-2H3,(H,22,25). The fourth-order valence-corrected chi connectivity index (χ4v) is 3.04. The fraction of sp³-hybridized carbons (Fsp3) is 0.316. The summed E-state index contributed by atoms with van der Waals surface area (Å²) in [5, 5.41) is 2.57. The Balaban J connectivity index is 1.76. The minimum absolute atomic E-state index is 0.517. The van der Waals surface area contributed by atoms with E-state index in [1.807, 2.05) is 19.1 Å². The SMILES string of the molecule is Cc1cc(NC(=O)c2c(F)cccc2F)ccc1N1CCN(C)CC1. The summed E-state index contributed by atoms with van der Waals surface area (Å²) in [7, 11) is 2.10. The number of piperazine rings is 1. The van der Waals surface area contributed by atoms with Crippen molar-refractivity contribution in [2.45, 2.75) is 6.92 Å². The molecule has 0 saturated carbocycles. The van der Waals surface area contributed by atoms with Gasteiger partial charge in [-0.25, -0.2) is 8.78 Å². The Labute approximate surface area is 146 Å². The predicted octanol–water partition coefficient (Wildman–Crippen LogP) is 3.28. The number of aryl methyl sites for hydroxylation is 1. The van der Waals surface area contributed by atoms with Crippen LogP contribution in [0, 0.1) is 18.6 Å². The maximum Gasteiger partial charge on any atom is 0.261 e. The van der Waals surface area contributed by atoms with E-state index in [9.17, 15) is 13.6 Å². The summed E-state index contributed by atoms with van der Waals surface area (Å²) >= 11 is 0. The summed E-state index contributed by atoms with van der Waals surface area (Å²) < 4.78 is 27.4. The highest BCUT2D eigenvalue weighted by Crippen LogP contribution is 2.25. The molecule has 0 spiro atoms. The lowest BCUT2D eigenvalue weighted by atomic mass is 10.1. The van der Waals surface area contributed by atoms with Crippen LogP contribution in [0.1, 0.15) is 15.9 Å². The molecule has 1 aliphatic heterocycles. The maximum atomic E-state index is 13.7. The van der Waals surface area contributed by atoms with Crippen molar-refractivity contribution < 1.29 is 13.6 Å². The molecular weight excluding hydrogens is 324 g/mol. The zero-order valence-corrected chi connectivity index (χ0v) is 14.4. The van der Waals surface area contributed by atoms with E-state index in [1.165, 1.54) is 6.07 Å². The molecule has 1 heterocycles. The highest BCUT2D eigenvalue weighted by atomic mass is 19.1. The van der Waals surface area contributed by atoms with E-state index in [4.69, 9.17) is 0 Å². The van der Waals surface area contributed by atoms with Gasteiger partial charge in [-0.2, -0.15) is 0 Å². The number of halogens is 2. The van der Waals surface area contributed by atoms with Crippen LogP contribution < -0.4 is 10.2 Å². The first-order valence-corrected chi connectivity index (χ1v) is 8.25. The summed E-state index contributed by atoms with van der Waals surface area (Å²) in [4.78, 5) is 16.8. The zero-order valence-electron chi connectivity index (χ0n) is 14.4. The monoisotopic (exact) mass is 345 g/mol. The molecule has 6 heteroatoms. The maximum absolute atomic E-state index is 13.7. The highest BCUT2D eigenvalue weighted by Gasteiger charge is 2.19. The van der Waals surface area contributed by atoms with Crippen LogP contribution in [0.4, 0.5) is 20.2 Å². The first-order valence-electron chi connectivity index (χ1n) is 8.25. The molecule has 1 fully saturated rings. The molecular formula is C19H21F2N3O. The summed E-state index contributed by atoms with van der Waals surface area (Å²) in [6.07, 6.45) is 0. The van der Waals surface area contributed by atoms with Crippen LogP contribution in [-0.2, 0) is 0 Å². The molecule has 2 aromatic rings. The number of nitrogens with one attached hydrogen (secondary N) is 1. The lowest BCUT2D eigenvalue weighted by molar-refractivity contribution is 0.101. The molecule has 1 N–H and O–H groups in total. The Morgan fingerprint density at radius 1 is 1.04 bits per heavy atom. The summed E-state index contributed by atoms with van der Waals surface area (Å²) in [6, 6.07) is 8.89. The Hall–Kier alpha value is -2.47. The van der Waals surface area contributed by atoms with Crippen LogP contribution in [0.25, 0.3) is 0 Å². The van der Waals surface area contributed by atoms with Crippen LogP contribution in [0.5, 0.6) is 0 Å². The van der Waals surface area contributed by atoms with Crippen molar-refractivity contribution in [2.75, 3.05) is 43.4 Å². The van der Waals surface area contributed by atoms with E-state index in [2.05, 4.69) is 22.2 Å². The van der Waals surface area contributed by atoms with E-state index in [-0.39, 0.29) is 0 Å². The van der Waals surface area contributed by atoms with E-state index < -0.39 is 23.1 Å². The molecule has 1 amide bonds. The number of carbonyl (C=O) groups is 1. The Morgan fingerprint density at radius 3 is 2.28 bits per heavy atom. The van der Waals surface area contributed by atoms with Crippen LogP contribution in [0.3, 0.4) is 0 Å². The van der Waals surface area contributed by atoms with Gasteiger partial charge >= 0.3 is 0 Å². The van der Waals surface area contributed by atoms with E-state index >= 15 is 0 Å². The number of hydrogen-bond acceptors (Lipinski definition) is 3. The van der Waals surface area contributed by atoms with Crippen molar-refractivity contribution in [1.82, 2.24) is 4.90 Å². The minimum atomic E-state index is -0.872. The number of amides is 1. The molecule has 132 valence electrons. The number of anilines is 2. The number of benzene rings is 2. The third-order valence-corrected chi connectivity index (χ3v) is 4.49. The van der Waals surface area contributed by atoms with Crippen molar-refractivity contribution in [2.24, 2.45) is 0 Å². The fourth-order valence-electron chi connectivity index (χ4n) is 3.04.